The Morgan fingerprint density at radius 2 is 1.73 bits per heavy atom. The van der Waals surface area contributed by atoms with Crippen LogP contribution in [0.15, 0.2) is 24.3 Å². The molecule has 1 aliphatic rings. The van der Waals surface area contributed by atoms with Crippen molar-refractivity contribution in [1.82, 2.24) is 5.32 Å². The molecular weight excluding hydrogens is 274 g/mol. The molecule has 1 aromatic rings. The van der Waals surface area contributed by atoms with E-state index >= 15 is 0 Å². The van der Waals surface area contributed by atoms with Gasteiger partial charge in [0, 0.05) is 31.0 Å². The number of nitrogens with zero attached hydrogens (tertiary/aromatic N) is 1. The van der Waals surface area contributed by atoms with Crippen LogP contribution in [-0.2, 0) is 0 Å². The summed E-state index contributed by atoms with van der Waals surface area (Å²) in [6.07, 6.45) is 6.46. The van der Waals surface area contributed by atoms with Gasteiger partial charge in [0.2, 0.25) is 0 Å². The van der Waals surface area contributed by atoms with E-state index in [1.807, 2.05) is 12.1 Å². The molecule has 0 unspecified atom stereocenters. The Morgan fingerprint density at radius 3 is 2.32 bits per heavy atom. The minimum Gasteiger partial charge on any atom is -0.372 e. The molecule has 1 aliphatic carbocycles. The molecule has 1 aromatic carbocycles. The second-order valence-corrected chi connectivity index (χ2v) is 6.06. The molecule has 2 amide bonds. The highest BCUT2D eigenvalue weighted by molar-refractivity contribution is 5.89. The van der Waals surface area contributed by atoms with Gasteiger partial charge in [-0.2, -0.15) is 0 Å². The highest BCUT2D eigenvalue weighted by atomic mass is 16.2. The molecule has 1 fully saturated rings. The lowest BCUT2D eigenvalue weighted by Crippen LogP contribution is -2.33. The quantitative estimate of drug-likeness (QED) is 0.826. The van der Waals surface area contributed by atoms with E-state index in [-0.39, 0.29) is 6.03 Å². The lowest BCUT2D eigenvalue weighted by molar-refractivity contribution is 0.247. The molecule has 4 heteroatoms. The summed E-state index contributed by atoms with van der Waals surface area (Å²) in [6, 6.07) is 7.95. The standard InChI is InChI=1S/C18H29N3O/c1-3-21(4-2)17-12-10-16(11-13-17)20-18(22)19-14-15-8-6-5-7-9-15/h10-13,15H,3-9,14H2,1-2H3,(H2,19,20,22). The zero-order chi connectivity index (χ0) is 15.8. The Balaban J connectivity index is 1.78. The molecule has 0 aromatic heterocycles. The average molecular weight is 303 g/mol. The van der Waals surface area contributed by atoms with Crippen LogP contribution in [0.1, 0.15) is 46.0 Å². The predicted molar refractivity (Wildman–Crippen MR) is 93.6 cm³/mol. The van der Waals surface area contributed by atoms with Crippen LogP contribution in [0, 0.1) is 5.92 Å². The first-order chi connectivity index (χ1) is 10.7. The van der Waals surface area contributed by atoms with Crippen molar-refractivity contribution in [2.75, 3.05) is 29.9 Å². The predicted octanol–water partition coefficient (Wildman–Crippen LogP) is 4.23. The monoisotopic (exact) mass is 303 g/mol. The van der Waals surface area contributed by atoms with E-state index in [9.17, 15) is 4.79 Å². The number of nitrogens with one attached hydrogen (secondary N) is 2. The maximum absolute atomic E-state index is 12.0. The normalized spacial score (nSPS) is 15.4. The molecule has 22 heavy (non-hydrogen) atoms. The fourth-order valence-corrected chi connectivity index (χ4v) is 3.15. The zero-order valence-corrected chi connectivity index (χ0v) is 13.9. The molecule has 4 nitrogen and oxygen atoms in total. The first-order valence-corrected chi connectivity index (χ1v) is 8.62. The Hall–Kier alpha value is -1.71. The van der Waals surface area contributed by atoms with Crippen LogP contribution in [0.4, 0.5) is 16.2 Å². The van der Waals surface area contributed by atoms with Crippen molar-refractivity contribution in [3.05, 3.63) is 24.3 Å². The van der Waals surface area contributed by atoms with Gasteiger partial charge >= 0.3 is 6.03 Å². The number of amides is 2. The molecule has 2 rings (SSSR count). The minimum atomic E-state index is -0.0961. The Bertz CT molecular complexity index is 448. The molecule has 0 bridgehead atoms. The molecule has 0 radical (unpaired) electrons. The van der Waals surface area contributed by atoms with E-state index < -0.39 is 0 Å². The van der Waals surface area contributed by atoms with Gasteiger partial charge in [0.1, 0.15) is 0 Å². The zero-order valence-electron chi connectivity index (χ0n) is 13.9. The summed E-state index contributed by atoms with van der Waals surface area (Å²) in [5.74, 6) is 0.657. The van der Waals surface area contributed by atoms with Crippen LogP contribution < -0.4 is 15.5 Å². The second kappa shape index (κ2) is 8.66. The molecule has 2 N–H and O–H groups in total. The van der Waals surface area contributed by atoms with Gasteiger partial charge in [-0.05, 0) is 56.9 Å². The van der Waals surface area contributed by atoms with Gasteiger partial charge < -0.3 is 15.5 Å². The van der Waals surface area contributed by atoms with Crippen molar-refractivity contribution in [3.8, 4) is 0 Å². The van der Waals surface area contributed by atoms with Gasteiger partial charge in [-0.1, -0.05) is 19.3 Å². The smallest absolute Gasteiger partial charge is 0.319 e. The molecular formula is C18H29N3O. The largest absolute Gasteiger partial charge is 0.372 e. The van der Waals surface area contributed by atoms with Crippen molar-refractivity contribution in [1.29, 1.82) is 0 Å². The average Bonchev–Trinajstić information content (AvgIpc) is 2.56. The summed E-state index contributed by atoms with van der Waals surface area (Å²) < 4.78 is 0. The summed E-state index contributed by atoms with van der Waals surface area (Å²) in [5.41, 5.74) is 2.04. The number of anilines is 2. The number of benzene rings is 1. The van der Waals surface area contributed by atoms with Crippen molar-refractivity contribution in [2.24, 2.45) is 5.92 Å². The van der Waals surface area contributed by atoms with Crippen LogP contribution in [0.2, 0.25) is 0 Å². The summed E-state index contributed by atoms with van der Waals surface area (Å²) in [7, 11) is 0. The molecule has 0 aliphatic heterocycles. The van der Waals surface area contributed by atoms with E-state index in [1.54, 1.807) is 0 Å². The number of urea groups is 1. The van der Waals surface area contributed by atoms with Crippen molar-refractivity contribution < 1.29 is 4.79 Å². The maximum Gasteiger partial charge on any atom is 0.319 e. The van der Waals surface area contributed by atoms with E-state index in [2.05, 4.69) is 41.5 Å². The highest BCUT2D eigenvalue weighted by Gasteiger charge is 2.14. The Kier molecular flexibility index (Phi) is 6.56. The van der Waals surface area contributed by atoms with E-state index in [0.29, 0.717) is 5.92 Å². The van der Waals surface area contributed by atoms with Crippen LogP contribution in [0.5, 0.6) is 0 Å². The van der Waals surface area contributed by atoms with Crippen molar-refractivity contribution in [2.45, 2.75) is 46.0 Å². The van der Waals surface area contributed by atoms with Crippen molar-refractivity contribution >= 4 is 17.4 Å². The number of carbonyl (C=O) groups is 1. The third kappa shape index (κ3) is 4.93. The SMILES string of the molecule is CCN(CC)c1ccc(NC(=O)NCC2CCCCC2)cc1. The molecule has 0 spiro atoms. The van der Waals surface area contributed by atoms with Crippen molar-refractivity contribution in [3.63, 3.8) is 0 Å². The first kappa shape index (κ1) is 16.7. The Labute approximate surface area is 134 Å². The highest BCUT2D eigenvalue weighted by Crippen LogP contribution is 2.23. The first-order valence-electron chi connectivity index (χ1n) is 8.62. The second-order valence-electron chi connectivity index (χ2n) is 6.06. The third-order valence-corrected chi connectivity index (χ3v) is 4.53. The van der Waals surface area contributed by atoms with Crippen LogP contribution in [0.3, 0.4) is 0 Å². The van der Waals surface area contributed by atoms with Gasteiger partial charge in [0.15, 0.2) is 0 Å². The van der Waals surface area contributed by atoms with Gasteiger partial charge in [-0.25, -0.2) is 4.79 Å². The van der Waals surface area contributed by atoms with E-state index in [0.717, 1.165) is 25.3 Å². The molecule has 0 heterocycles. The number of hydrogen-bond acceptors (Lipinski definition) is 2. The number of rotatable bonds is 6. The number of hydrogen-bond donors (Lipinski definition) is 2. The lowest BCUT2D eigenvalue weighted by Gasteiger charge is -2.22. The molecule has 0 atom stereocenters. The van der Waals surface area contributed by atoms with E-state index in [4.69, 9.17) is 0 Å². The summed E-state index contributed by atoms with van der Waals surface area (Å²) >= 11 is 0. The number of carbonyl (C=O) groups excluding carboxylic acids is 1. The van der Waals surface area contributed by atoms with Gasteiger partial charge in [0.05, 0.1) is 0 Å². The Morgan fingerprint density at radius 1 is 1.09 bits per heavy atom. The van der Waals surface area contributed by atoms with Crippen LogP contribution in [0.25, 0.3) is 0 Å². The fourth-order valence-electron chi connectivity index (χ4n) is 3.15. The molecule has 122 valence electrons. The fraction of sp³-hybridized carbons (Fsp3) is 0.611. The van der Waals surface area contributed by atoms with Gasteiger partial charge in [0.25, 0.3) is 0 Å². The third-order valence-electron chi connectivity index (χ3n) is 4.53. The van der Waals surface area contributed by atoms with Crippen LogP contribution in [-0.4, -0.2) is 25.7 Å². The summed E-state index contributed by atoms with van der Waals surface area (Å²) in [5, 5.41) is 5.92. The summed E-state index contributed by atoms with van der Waals surface area (Å²) in [6.45, 7) is 7.07. The minimum absolute atomic E-state index is 0.0961. The summed E-state index contributed by atoms with van der Waals surface area (Å²) in [4.78, 5) is 14.2. The molecule has 0 saturated heterocycles. The lowest BCUT2D eigenvalue weighted by atomic mass is 9.89. The topological polar surface area (TPSA) is 44.4 Å². The van der Waals surface area contributed by atoms with Gasteiger partial charge in [-0.15, -0.1) is 0 Å². The molecule has 1 saturated carbocycles. The van der Waals surface area contributed by atoms with Gasteiger partial charge in [-0.3, -0.25) is 0 Å². The maximum atomic E-state index is 12.0. The van der Waals surface area contributed by atoms with E-state index in [1.165, 1.54) is 37.8 Å². The van der Waals surface area contributed by atoms with Crippen LogP contribution >= 0.6 is 0 Å².